The van der Waals surface area contributed by atoms with Crippen molar-refractivity contribution in [2.45, 2.75) is 19.4 Å². The van der Waals surface area contributed by atoms with Gasteiger partial charge in [0.1, 0.15) is 11.5 Å². The van der Waals surface area contributed by atoms with Gasteiger partial charge >= 0.3 is 6.03 Å². The van der Waals surface area contributed by atoms with Crippen LogP contribution in [0.15, 0.2) is 16.5 Å². The summed E-state index contributed by atoms with van der Waals surface area (Å²) in [7, 11) is 0. The molecule has 134 valence electrons. The Kier molecular flexibility index (Phi) is 6.12. The summed E-state index contributed by atoms with van der Waals surface area (Å²) in [6.45, 7) is 7.75. The Morgan fingerprint density at radius 3 is 2.75 bits per heavy atom. The second-order valence-corrected chi connectivity index (χ2v) is 6.43. The standard InChI is InChI=1S/C17H27N3O4/c1-13-2-3-16(24-13)15(20-5-8-22-9-6-20)11-19-17(21)18-10-14-4-7-23-12-14/h2-3,14-15H,4-12H2,1H3,(H2,18,19,21)/t14-,15+/m1/s1. The number of amides is 2. The fraction of sp³-hybridized carbons (Fsp3) is 0.706. The maximum atomic E-state index is 12.1. The maximum absolute atomic E-state index is 12.1. The SMILES string of the molecule is Cc1ccc([C@H](CNC(=O)NC[C@H]2CCOC2)N2CCOCC2)o1. The minimum absolute atomic E-state index is 0.0307. The van der Waals surface area contributed by atoms with Crippen molar-refractivity contribution in [2.24, 2.45) is 5.92 Å². The highest BCUT2D eigenvalue weighted by Crippen LogP contribution is 2.23. The third-order valence-electron chi connectivity index (χ3n) is 4.61. The molecular formula is C17H27N3O4. The van der Waals surface area contributed by atoms with Crippen molar-refractivity contribution in [3.05, 3.63) is 23.7 Å². The van der Waals surface area contributed by atoms with E-state index in [9.17, 15) is 4.79 Å². The molecule has 24 heavy (non-hydrogen) atoms. The summed E-state index contributed by atoms with van der Waals surface area (Å²) in [6, 6.07) is 3.85. The fourth-order valence-corrected chi connectivity index (χ4v) is 3.16. The number of urea groups is 1. The zero-order valence-corrected chi connectivity index (χ0v) is 14.3. The second-order valence-electron chi connectivity index (χ2n) is 6.43. The van der Waals surface area contributed by atoms with E-state index >= 15 is 0 Å². The maximum Gasteiger partial charge on any atom is 0.314 e. The Hall–Kier alpha value is -1.57. The third-order valence-corrected chi connectivity index (χ3v) is 4.61. The summed E-state index contributed by atoms with van der Waals surface area (Å²) in [6.07, 6.45) is 1.02. The van der Waals surface area contributed by atoms with Crippen LogP contribution in [0.25, 0.3) is 0 Å². The molecule has 0 spiro atoms. The van der Waals surface area contributed by atoms with E-state index in [4.69, 9.17) is 13.9 Å². The molecule has 3 heterocycles. The van der Waals surface area contributed by atoms with Gasteiger partial charge in [0.2, 0.25) is 0 Å². The highest BCUT2D eigenvalue weighted by atomic mass is 16.5. The van der Waals surface area contributed by atoms with Crippen LogP contribution in [0.1, 0.15) is 24.0 Å². The Morgan fingerprint density at radius 2 is 2.08 bits per heavy atom. The molecule has 2 amide bonds. The van der Waals surface area contributed by atoms with Crippen LogP contribution >= 0.6 is 0 Å². The number of nitrogens with one attached hydrogen (secondary N) is 2. The number of ether oxygens (including phenoxy) is 2. The molecule has 2 fully saturated rings. The second kappa shape index (κ2) is 8.50. The van der Waals surface area contributed by atoms with Crippen molar-refractivity contribution in [2.75, 3.05) is 52.6 Å². The van der Waals surface area contributed by atoms with Gasteiger partial charge in [0, 0.05) is 38.7 Å². The van der Waals surface area contributed by atoms with Crippen molar-refractivity contribution < 1.29 is 18.7 Å². The van der Waals surface area contributed by atoms with Crippen LogP contribution in [0.2, 0.25) is 0 Å². The number of hydrogen-bond acceptors (Lipinski definition) is 5. The van der Waals surface area contributed by atoms with Gasteiger partial charge in [0.15, 0.2) is 0 Å². The summed E-state index contributed by atoms with van der Waals surface area (Å²) < 4.78 is 16.6. The van der Waals surface area contributed by atoms with Gasteiger partial charge in [0.05, 0.1) is 25.9 Å². The summed E-state index contributed by atoms with van der Waals surface area (Å²) in [5, 5.41) is 5.91. The quantitative estimate of drug-likeness (QED) is 0.818. The van der Waals surface area contributed by atoms with Gasteiger partial charge in [-0.2, -0.15) is 0 Å². The number of nitrogens with zero attached hydrogens (tertiary/aromatic N) is 1. The summed E-state index contributed by atoms with van der Waals surface area (Å²) in [5.41, 5.74) is 0. The smallest absolute Gasteiger partial charge is 0.314 e. The molecule has 1 aromatic rings. The van der Waals surface area contributed by atoms with E-state index in [2.05, 4.69) is 15.5 Å². The van der Waals surface area contributed by atoms with Gasteiger partial charge in [-0.25, -0.2) is 4.79 Å². The molecule has 7 heteroatoms. The molecule has 2 N–H and O–H groups in total. The first-order valence-corrected chi connectivity index (χ1v) is 8.70. The molecule has 0 saturated carbocycles. The van der Waals surface area contributed by atoms with E-state index in [1.54, 1.807) is 0 Å². The largest absolute Gasteiger partial charge is 0.465 e. The molecule has 2 saturated heterocycles. The normalized spacial score (nSPS) is 23.1. The minimum atomic E-state index is -0.136. The van der Waals surface area contributed by atoms with Crippen LogP contribution in [0.3, 0.4) is 0 Å². The fourth-order valence-electron chi connectivity index (χ4n) is 3.16. The number of morpholine rings is 1. The monoisotopic (exact) mass is 337 g/mol. The predicted molar refractivity (Wildman–Crippen MR) is 88.9 cm³/mol. The van der Waals surface area contributed by atoms with Crippen molar-refractivity contribution in [1.82, 2.24) is 15.5 Å². The Bertz CT molecular complexity index is 522. The van der Waals surface area contributed by atoms with Crippen LogP contribution in [0.4, 0.5) is 4.79 Å². The third kappa shape index (κ3) is 4.72. The number of rotatable bonds is 6. The van der Waals surface area contributed by atoms with Gasteiger partial charge in [0.25, 0.3) is 0 Å². The molecule has 0 bridgehead atoms. The van der Waals surface area contributed by atoms with Crippen LogP contribution in [0, 0.1) is 12.8 Å². The lowest BCUT2D eigenvalue weighted by atomic mass is 10.1. The van der Waals surface area contributed by atoms with Crippen LogP contribution < -0.4 is 10.6 Å². The molecule has 3 rings (SSSR count). The molecular weight excluding hydrogens is 310 g/mol. The van der Waals surface area contributed by atoms with Crippen molar-refractivity contribution in [3.8, 4) is 0 Å². The molecule has 2 aliphatic rings. The van der Waals surface area contributed by atoms with Crippen LogP contribution in [-0.4, -0.2) is 63.5 Å². The lowest BCUT2D eigenvalue weighted by molar-refractivity contribution is 0.0121. The molecule has 2 atom stereocenters. The molecule has 0 aromatic carbocycles. The van der Waals surface area contributed by atoms with Gasteiger partial charge in [-0.1, -0.05) is 0 Å². The number of furan rings is 1. The van der Waals surface area contributed by atoms with Crippen LogP contribution in [0.5, 0.6) is 0 Å². The summed E-state index contributed by atoms with van der Waals surface area (Å²) in [4.78, 5) is 14.4. The summed E-state index contributed by atoms with van der Waals surface area (Å²) >= 11 is 0. The van der Waals surface area contributed by atoms with E-state index in [1.165, 1.54) is 0 Å². The number of carbonyl (C=O) groups is 1. The Balaban J connectivity index is 1.52. The molecule has 0 aliphatic carbocycles. The van der Waals surface area contributed by atoms with Crippen molar-refractivity contribution in [3.63, 3.8) is 0 Å². The van der Waals surface area contributed by atoms with E-state index in [-0.39, 0.29) is 12.1 Å². The first-order valence-electron chi connectivity index (χ1n) is 8.70. The zero-order chi connectivity index (χ0) is 16.8. The first kappa shape index (κ1) is 17.3. The number of hydrogen-bond donors (Lipinski definition) is 2. The lowest BCUT2D eigenvalue weighted by Crippen LogP contribution is -2.46. The van der Waals surface area contributed by atoms with Gasteiger partial charge in [-0.3, -0.25) is 4.90 Å². The average molecular weight is 337 g/mol. The van der Waals surface area contributed by atoms with E-state index in [1.807, 2.05) is 19.1 Å². The Labute approximate surface area is 142 Å². The van der Waals surface area contributed by atoms with E-state index in [0.29, 0.717) is 32.2 Å². The van der Waals surface area contributed by atoms with Crippen LogP contribution in [-0.2, 0) is 9.47 Å². The van der Waals surface area contributed by atoms with Gasteiger partial charge in [-0.15, -0.1) is 0 Å². The molecule has 0 radical (unpaired) electrons. The highest BCUT2D eigenvalue weighted by molar-refractivity contribution is 5.73. The Morgan fingerprint density at radius 1 is 1.25 bits per heavy atom. The first-order chi connectivity index (χ1) is 11.7. The minimum Gasteiger partial charge on any atom is -0.465 e. The number of carbonyl (C=O) groups excluding carboxylic acids is 1. The predicted octanol–water partition coefficient (Wildman–Crippen LogP) is 1.30. The lowest BCUT2D eigenvalue weighted by Gasteiger charge is -2.33. The van der Waals surface area contributed by atoms with E-state index in [0.717, 1.165) is 44.2 Å². The molecule has 7 nitrogen and oxygen atoms in total. The average Bonchev–Trinajstić information content (AvgIpc) is 3.26. The molecule has 0 unspecified atom stereocenters. The van der Waals surface area contributed by atoms with Crippen molar-refractivity contribution in [1.29, 1.82) is 0 Å². The zero-order valence-electron chi connectivity index (χ0n) is 14.3. The van der Waals surface area contributed by atoms with Gasteiger partial charge in [-0.05, 0) is 25.5 Å². The number of aryl methyl sites for hydroxylation is 1. The molecule has 2 aliphatic heterocycles. The van der Waals surface area contributed by atoms with Crippen molar-refractivity contribution >= 4 is 6.03 Å². The van der Waals surface area contributed by atoms with Gasteiger partial charge < -0.3 is 24.5 Å². The van der Waals surface area contributed by atoms with E-state index < -0.39 is 0 Å². The summed E-state index contributed by atoms with van der Waals surface area (Å²) in [5.74, 6) is 2.20. The molecule has 1 aromatic heterocycles. The topological polar surface area (TPSA) is 76.0 Å². The highest BCUT2D eigenvalue weighted by Gasteiger charge is 2.26.